The summed E-state index contributed by atoms with van der Waals surface area (Å²) in [6, 6.07) is 0. The molecule has 0 amide bonds. The Morgan fingerprint density at radius 3 is 2.19 bits per heavy atom. The van der Waals surface area contributed by atoms with Gasteiger partial charge in [-0.05, 0) is 64.9 Å². The van der Waals surface area contributed by atoms with Crippen LogP contribution in [0.4, 0.5) is 5.69 Å². The zero-order chi connectivity index (χ0) is 14.4. The lowest BCUT2D eigenvalue weighted by atomic mass is 9.90. The number of nitrogens with zero attached hydrogens (tertiary/aromatic N) is 1. The van der Waals surface area contributed by atoms with Crippen molar-refractivity contribution in [1.29, 1.82) is 0 Å². The molecule has 5 heteroatoms. The lowest BCUT2D eigenvalue weighted by molar-refractivity contribution is 0.0950. The summed E-state index contributed by atoms with van der Waals surface area (Å²) >= 11 is 0. The number of nitrogen functional groups attached to an aromatic ring is 1. The van der Waals surface area contributed by atoms with Crippen LogP contribution in [0.15, 0.2) is 0 Å². The van der Waals surface area contributed by atoms with E-state index in [0.717, 1.165) is 36.4 Å². The number of benzene rings is 1. The van der Waals surface area contributed by atoms with E-state index in [-0.39, 0.29) is 30.4 Å². The average molecular weight is 335 g/mol. The Labute approximate surface area is 141 Å². The Hall–Kier alpha value is -0.640. The fraction of sp³-hybridized carbons (Fsp3) is 0.625. The van der Waals surface area contributed by atoms with Gasteiger partial charge in [-0.1, -0.05) is 0 Å². The van der Waals surface area contributed by atoms with E-state index in [9.17, 15) is 0 Å². The van der Waals surface area contributed by atoms with Crippen molar-refractivity contribution in [3.05, 3.63) is 22.3 Å². The molecule has 0 aromatic heterocycles. The number of fused-ring (bicyclic) bond motifs is 1. The van der Waals surface area contributed by atoms with E-state index in [1.807, 2.05) is 0 Å². The van der Waals surface area contributed by atoms with E-state index < -0.39 is 0 Å². The van der Waals surface area contributed by atoms with Crippen molar-refractivity contribution in [3.8, 4) is 5.75 Å². The molecule has 1 aliphatic heterocycles. The van der Waals surface area contributed by atoms with E-state index in [0.29, 0.717) is 0 Å². The number of halogens is 2. The van der Waals surface area contributed by atoms with Gasteiger partial charge in [0, 0.05) is 24.2 Å². The first-order valence-corrected chi connectivity index (χ1v) is 6.97. The molecule has 1 aliphatic rings. The molecule has 0 bridgehead atoms. The van der Waals surface area contributed by atoms with Crippen molar-refractivity contribution in [2.45, 2.75) is 46.1 Å². The molecule has 0 saturated carbocycles. The third-order valence-electron chi connectivity index (χ3n) is 4.42. The van der Waals surface area contributed by atoms with E-state index in [4.69, 9.17) is 10.5 Å². The molecule has 21 heavy (non-hydrogen) atoms. The van der Waals surface area contributed by atoms with Gasteiger partial charge in [-0.25, -0.2) is 0 Å². The predicted molar refractivity (Wildman–Crippen MR) is 95.5 cm³/mol. The van der Waals surface area contributed by atoms with Crippen LogP contribution in [0.1, 0.15) is 35.6 Å². The highest BCUT2D eigenvalue weighted by Gasteiger charge is 2.37. The van der Waals surface area contributed by atoms with Crippen LogP contribution in [0.5, 0.6) is 5.75 Å². The molecule has 2 rings (SSSR count). The van der Waals surface area contributed by atoms with Crippen LogP contribution < -0.4 is 10.5 Å². The average Bonchev–Trinajstić information content (AvgIpc) is 2.71. The lowest BCUT2D eigenvalue weighted by Crippen LogP contribution is -2.34. The maximum absolute atomic E-state index is 6.31. The van der Waals surface area contributed by atoms with Crippen LogP contribution in [-0.2, 0) is 6.42 Å². The number of nitrogens with two attached hydrogens (primary N) is 1. The first-order chi connectivity index (χ1) is 8.75. The minimum Gasteiger partial charge on any atom is -0.487 e. The van der Waals surface area contributed by atoms with Crippen molar-refractivity contribution in [2.24, 2.45) is 0 Å². The Bertz CT molecular complexity index is 479. The molecule has 1 heterocycles. The van der Waals surface area contributed by atoms with Gasteiger partial charge in [0.2, 0.25) is 0 Å². The predicted octanol–water partition coefficient (Wildman–Crippen LogP) is 3.68. The van der Waals surface area contributed by atoms with Crippen LogP contribution >= 0.6 is 24.8 Å². The zero-order valence-electron chi connectivity index (χ0n) is 13.9. The van der Waals surface area contributed by atoms with Crippen molar-refractivity contribution in [2.75, 3.05) is 26.4 Å². The summed E-state index contributed by atoms with van der Waals surface area (Å²) in [6.07, 6.45) is 2.00. The molecule has 0 saturated heterocycles. The van der Waals surface area contributed by atoms with Crippen molar-refractivity contribution < 1.29 is 4.74 Å². The van der Waals surface area contributed by atoms with Gasteiger partial charge in [0.25, 0.3) is 0 Å². The van der Waals surface area contributed by atoms with E-state index >= 15 is 0 Å². The molecule has 1 atom stereocenters. The van der Waals surface area contributed by atoms with Crippen molar-refractivity contribution in [3.63, 3.8) is 0 Å². The van der Waals surface area contributed by atoms with Gasteiger partial charge in [0.05, 0.1) is 0 Å². The highest BCUT2D eigenvalue weighted by Crippen LogP contribution is 2.44. The van der Waals surface area contributed by atoms with Gasteiger partial charge in [-0.3, -0.25) is 0 Å². The monoisotopic (exact) mass is 334 g/mol. The summed E-state index contributed by atoms with van der Waals surface area (Å²) in [6.45, 7) is 9.55. The molecule has 3 nitrogen and oxygen atoms in total. The van der Waals surface area contributed by atoms with Gasteiger partial charge < -0.3 is 15.4 Å². The van der Waals surface area contributed by atoms with Crippen LogP contribution in [0, 0.1) is 20.8 Å². The highest BCUT2D eigenvalue weighted by atomic mass is 35.5. The number of anilines is 1. The summed E-state index contributed by atoms with van der Waals surface area (Å²) in [5, 5.41) is 0. The topological polar surface area (TPSA) is 38.5 Å². The molecule has 122 valence electrons. The van der Waals surface area contributed by atoms with Gasteiger partial charge in [0.1, 0.15) is 11.4 Å². The number of ether oxygens (including phenoxy) is 1. The molecule has 2 N–H and O–H groups in total. The fourth-order valence-corrected chi connectivity index (χ4v) is 2.82. The lowest BCUT2D eigenvalue weighted by Gasteiger charge is -2.26. The van der Waals surface area contributed by atoms with E-state index in [1.165, 1.54) is 16.7 Å². The van der Waals surface area contributed by atoms with E-state index in [2.05, 4.69) is 46.7 Å². The Morgan fingerprint density at radius 1 is 1.10 bits per heavy atom. The molecule has 0 aliphatic carbocycles. The van der Waals surface area contributed by atoms with E-state index in [1.54, 1.807) is 0 Å². The first kappa shape index (κ1) is 20.4. The second kappa shape index (κ2) is 7.08. The highest BCUT2D eigenvalue weighted by molar-refractivity contribution is 5.85. The SMILES string of the molecule is Cc1c(C)c2c(c(C)c1N)CC(C)(CCN(C)C)O2.Cl.Cl. The van der Waals surface area contributed by atoms with Gasteiger partial charge in [-0.2, -0.15) is 0 Å². The largest absolute Gasteiger partial charge is 0.487 e. The van der Waals surface area contributed by atoms with Gasteiger partial charge in [-0.15, -0.1) is 24.8 Å². The number of hydrogen-bond donors (Lipinski definition) is 1. The summed E-state index contributed by atoms with van der Waals surface area (Å²) < 4.78 is 6.31. The summed E-state index contributed by atoms with van der Waals surface area (Å²) in [5.41, 5.74) is 11.9. The van der Waals surface area contributed by atoms with Crippen molar-refractivity contribution >= 4 is 30.5 Å². The Morgan fingerprint density at radius 2 is 1.67 bits per heavy atom. The molecule has 1 unspecified atom stereocenters. The third kappa shape index (κ3) is 3.77. The second-order valence-corrected chi connectivity index (χ2v) is 6.38. The molecule has 0 fully saturated rings. The van der Waals surface area contributed by atoms with Gasteiger partial charge >= 0.3 is 0 Å². The normalized spacial score (nSPS) is 19.6. The maximum atomic E-state index is 6.31. The summed E-state index contributed by atoms with van der Waals surface area (Å²) in [7, 11) is 4.20. The quantitative estimate of drug-likeness (QED) is 0.857. The Balaban J connectivity index is 0.00000200. The smallest absolute Gasteiger partial charge is 0.127 e. The van der Waals surface area contributed by atoms with Crippen LogP contribution in [0.3, 0.4) is 0 Å². The number of hydrogen-bond acceptors (Lipinski definition) is 3. The first-order valence-electron chi connectivity index (χ1n) is 6.97. The summed E-state index contributed by atoms with van der Waals surface area (Å²) in [5.74, 6) is 1.07. The summed E-state index contributed by atoms with van der Waals surface area (Å²) in [4.78, 5) is 2.21. The van der Waals surface area contributed by atoms with Gasteiger partial charge in [0.15, 0.2) is 0 Å². The second-order valence-electron chi connectivity index (χ2n) is 6.38. The molecular weight excluding hydrogens is 307 g/mol. The Kier molecular flexibility index (Phi) is 6.86. The third-order valence-corrected chi connectivity index (χ3v) is 4.42. The standard InChI is InChI=1S/C16H26N2O.2ClH/c1-10-11(2)15-13(12(3)14(10)17)9-16(4,19-15)7-8-18(5)6;;/h7-9,17H2,1-6H3;2*1H. The molecule has 1 aromatic carbocycles. The minimum atomic E-state index is -0.0949. The molecule has 0 spiro atoms. The van der Waals surface area contributed by atoms with Crippen LogP contribution in [0.2, 0.25) is 0 Å². The molecular formula is C16H28Cl2N2O. The zero-order valence-corrected chi connectivity index (χ0v) is 15.5. The number of rotatable bonds is 3. The fourth-order valence-electron chi connectivity index (χ4n) is 2.82. The minimum absolute atomic E-state index is 0. The molecule has 1 aromatic rings. The van der Waals surface area contributed by atoms with Crippen LogP contribution in [0.25, 0.3) is 0 Å². The van der Waals surface area contributed by atoms with Crippen LogP contribution in [-0.4, -0.2) is 31.1 Å². The molecule has 0 radical (unpaired) electrons. The van der Waals surface area contributed by atoms with Crippen molar-refractivity contribution in [1.82, 2.24) is 4.90 Å². The maximum Gasteiger partial charge on any atom is 0.127 e.